The quantitative estimate of drug-likeness (QED) is 0.627. The summed E-state index contributed by atoms with van der Waals surface area (Å²) >= 11 is 0. The van der Waals surface area contributed by atoms with Crippen LogP contribution in [0.4, 0.5) is 4.39 Å². The maximum atomic E-state index is 12.9. The molecule has 1 aromatic heterocycles. The zero-order valence-electron chi connectivity index (χ0n) is 14.2. The van der Waals surface area contributed by atoms with Crippen LogP contribution in [0.2, 0.25) is 0 Å². The lowest BCUT2D eigenvalue weighted by Gasteiger charge is -2.08. The van der Waals surface area contributed by atoms with E-state index >= 15 is 0 Å². The van der Waals surface area contributed by atoms with Crippen molar-refractivity contribution in [3.05, 3.63) is 89.1 Å². The van der Waals surface area contributed by atoms with E-state index in [4.69, 9.17) is 14.3 Å². The van der Waals surface area contributed by atoms with Gasteiger partial charge >= 0.3 is 5.97 Å². The molecule has 0 bridgehead atoms. The molecule has 0 fully saturated rings. The molecule has 0 saturated carbocycles. The van der Waals surface area contributed by atoms with E-state index in [0.29, 0.717) is 18.8 Å². The number of carboxylic acid groups (broad SMARTS) is 1. The second-order valence-corrected chi connectivity index (χ2v) is 5.99. The van der Waals surface area contributed by atoms with Crippen LogP contribution >= 0.6 is 0 Å². The normalized spacial score (nSPS) is 10.7. The standard InChI is InChI=1S/C21H19FO4/c22-17-9-7-16(8-10-17)14-25-19-6-2-4-15(13-19)3-1-5-18-11-12-20(26-18)21(23)24/h2,4,6-13H,1,3,5,14H2,(H,23,24). The third-order valence-corrected chi connectivity index (χ3v) is 3.98. The fraction of sp³-hybridized carbons (Fsp3) is 0.190. The van der Waals surface area contributed by atoms with Gasteiger partial charge in [0.1, 0.15) is 23.9 Å². The minimum atomic E-state index is -1.05. The molecular formula is C21H19FO4. The van der Waals surface area contributed by atoms with Crippen molar-refractivity contribution in [2.75, 3.05) is 0 Å². The van der Waals surface area contributed by atoms with Crippen LogP contribution in [0, 0.1) is 5.82 Å². The molecule has 3 aromatic rings. The van der Waals surface area contributed by atoms with Crippen molar-refractivity contribution in [2.24, 2.45) is 0 Å². The summed E-state index contributed by atoms with van der Waals surface area (Å²) in [6, 6.07) is 17.2. The van der Waals surface area contributed by atoms with Crippen molar-refractivity contribution in [1.29, 1.82) is 0 Å². The minimum Gasteiger partial charge on any atom is -0.489 e. The van der Waals surface area contributed by atoms with Gasteiger partial charge in [-0.05, 0) is 60.4 Å². The molecule has 0 unspecified atom stereocenters. The van der Waals surface area contributed by atoms with Crippen LogP contribution in [0.3, 0.4) is 0 Å². The van der Waals surface area contributed by atoms with E-state index in [-0.39, 0.29) is 11.6 Å². The van der Waals surface area contributed by atoms with Gasteiger partial charge in [0.15, 0.2) is 0 Å². The third kappa shape index (κ3) is 4.96. The molecule has 0 aliphatic heterocycles. The number of ether oxygens (including phenoxy) is 1. The van der Waals surface area contributed by atoms with Gasteiger partial charge in [-0.2, -0.15) is 0 Å². The third-order valence-electron chi connectivity index (χ3n) is 3.98. The fourth-order valence-corrected chi connectivity index (χ4v) is 2.63. The van der Waals surface area contributed by atoms with Crippen molar-refractivity contribution >= 4 is 5.97 Å². The number of benzene rings is 2. The summed E-state index contributed by atoms with van der Waals surface area (Å²) in [7, 11) is 0. The largest absolute Gasteiger partial charge is 0.489 e. The van der Waals surface area contributed by atoms with E-state index < -0.39 is 5.97 Å². The first-order chi connectivity index (χ1) is 12.6. The highest BCUT2D eigenvalue weighted by molar-refractivity contribution is 5.84. The van der Waals surface area contributed by atoms with Crippen LogP contribution in [0.1, 0.15) is 33.9 Å². The summed E-state index contributed by atoms with van der Waals surface area (Å²) in [5.74, 6) is 0.0883. The molecule has 3 rings (SSSR count). The maximum absolute atomic E-state index is 12.9. The first-order valence-electron chi connectivity index (χ1n) is 8.38. The average Bonchev–Trinajstić information content (AvgIpc) is 3.11. The molecule has 0 spiro atoms. The molecular weight excluding hydrogens is 335 g/mol. The Morgan fingerprint density at radius 3 is 2.54 bits per heavy atom. The molecule has 134 valence electrons. The molecule has 0 amide bonds. The van der Waals surface area contributed by atoms with E-state index in [1.165, 1.54) is 18.2 Å². The Hall–Kier alpha value is -3.08. The predicted molar refractivity (Wildman–Crippen MR) is 94.9 cm³/mol. The van der Waals surface area contributed by atoms with Gasteiger partial charge in [-0.25, -0.2) is 9.18 Å². The molecule has 4 nitrogen and oxygen atoms in total. The number of carboxylic acids is 1. The van der Waals surface area contributed by atoms with Crippen LogP contribution in [-0.4, -0.2) is 11.1 Å². The van der Waals surface area contributed by atoms with E-state index in [9.17, 15) is 9.18 Å². The molecule has 26 heavy (non-hydrogen) atoms. The Morgan fingerprint density at radius 1 is 1.00 bits per heavy atom. The van der Waals surface area contributed by atoms with E-state index in [1.54, 1.807) is 18.2 Å². The SMILES string of the molecule is O=C(O)c1ccc(CCCc2cccc(OCc3ccc(F)cc3)c2)o1. The Morgan fingerprint density at radius 2 is 1.81 bits per heavy atom. The number of furan rings is 1. The number of hydrogen-bond acceptors (Lipinski definition) is 3. The van der Waals surface area contributed by atoms with E-state index in [1.807, 2.05) is 24.3 Å². The van der Waals surface area contributed by atoms with Gasteiger partial charge in [0, 0.05) is 6.42 Å². The van der Waals surface area contributed by atoms with Gasteiger partial charge in [0.05, 0.1) is 0 Å². The number of aromatic carboxylic acids is 1. The topological polar surface area (TPSA) is 59.7 Å². The smallest absolute Gasteiger partial charge is 0.371 e. The number of hydrogen-bond donors (Lipinski definition) is 1. The van der Waals surface area contributed by atoms with Crippen molar-refractivity contribution in [1.82, 2.24) is 0 Å². The van der Waals surface area contributed by atoms with Gasteiger partial charge in [-0.15, -0.1) is 0 Å². The lowest BCUT2D eigenvalue weighted by molar-refractivity contribution is 0.0660. The number of aryl methyl sites for hydroxylation is 2. The van der Waals surface area contributed by atoms with Crippen LogP contribution in [0.25, 0.3) is 0 Å². The Kier molecular flexibility index (Phi) is 5.69. The zero-order valence-corrected chi connectivity index (χ0v) is 14.2. The lowest BCUT2D eigenvalue weighted by Crippen LogP contribution is -1.96. The van der Waals surface area contributed by atoms with Gasteiger partial charge < -0.3 is 14.3 Å². The second kappa shape index (κ2) is 8.34. The highest BCUT2D eigenvalue weighted by atomic mass is 19.1. The first kappa shape index (κ1) is 17.7. The summed E-state index contributed by atoms with van der Waals surface area (Å²) in [5.41, 5.74) is 2.04. The molecule has 2 aromatic carbocycles. The summed E-state index contributed by atoms with van der Waals surface area (Å²) in [6.45, 7) is 0.383. The summed E-state index contributed by atoms with van der Waals surface area (Å²) < 4.78 is 23.9. The van der Waals surface area contributed by atoms with Crippen molar-refractivity contribution in [2.45, 2.75) is 25.9 Å². The lowest BCUT2D eigenvalue weighted by atomic mass is 10.1. The average molecular weight is 354 g/mol. The predicted octanol–water partition coefficient (Wildman–Crippen LogP) is 4.87. The van der Waals surface area contributed by atoms with Crippen LogP contribution in [-0.2, 0) is 19.4 Å². The van der Waals surface area contributed by atoms with Crippen LogP contribution < -0.4 is 4.74 Å². The zero-order chi connectivity index (χ0) is 18.4. The summed E-state index contributed by atoms with van der Waals surface area (Å²) in [6.07, 6.45) is 2.35. The molecule has 0 aliphatic rings. The van der Waals surface area contributed by atoms with E-state index in [2.05, 4.69) is 0 Å². The van der Waals surface area contributed by atoms with Crippen molar-refractivity contribution < 1.29 is 23.4 Å². The highest BCUT2D eigenvalue weighted by Gasteiger charge is 2.08. The van der Waals surface area contributed by atoms with Gasteiger partial charge in [0.25, 0.3) is 0 Å². The molecule has 0 radical (unpaired) electrons. The minimum absolute atomic E-state index is 0.0313. The highest BCUT2D eigenvalue weighted by Crippen LogP contribution is 2.18. The Balaban J connectivity index is 1.50. The van der Waals surface area contributed by atoms with Crippen LogP contribution in [0.15, 0.2) is 65.1 Å². The second-order valence-electron chi connectivity index (χ2n) is 5.99. The monoisotopic (exact) mass is 354 g/mol. The Labute approximate surface area is 150 Å². The molecule has 1 N–H and O–H groups in total. The Bertz CT molecular complexity index is 868. The van der Waals surface area contributed by atoms with Gasteiger partial charge in [-0.1, -0.05) is 24.3 Å². The maximum Gasteiger partial charge on any atom is 0.371 e. The molecule has 0 aliphatic carbocycles. The molecule has 5 heteroatoms. The number of rotatable bonds is 8. The van der Waals surface area contributed by atoms with Gasteiger partial charge in [-0.3, -0.25) is 0 Å². The van der Waals surface area contributed by atoms with Gasteiger partial charge in [0.2, 0.25) is 5.76 Å². The fourth-order valence-electron chi connectivity index (χ4n) is 2.63. The summed E-state index contributed by atoms with van der Waals surface area (Å²) in [5, 5.41) is 8.85. The number of halogens is 1. The van der Waals surface area contributed by atoms with E-state index in [0.717, 1.165) is 29.7 Å². The molecule has 0 saturated heterocycles. The summed E-state index contributed by atoms with van der Waals surface area (Å²) in [4.78, 5) is 10.8. The van der Waals surface area contributed by atoms with Crippen LogP contribution in [0.5, 0.6) is 5.75 Å². The number of carbonyl (C=O) groups is 1. The van der Waals surface area contributed by atoms with Crippen molar-refractivity contribution in [3.8, 4) is 5.75 Å². The molecule has 1 heterocycles. The first-order valence-corrected chi connectivity index (χ1v) is 8.38. The molecule has 0 atom stereocenters. The van der Waals surface area contributed by atoms with Crippen molar-refractivity contribution in [3.63, 3.8) is 0 Å².